The highest BCUT2D eigenvalue weighted by atomic mass is 32.2. The van der Waals surface area contributed by atoms with Crippen LogP contribution in [0.1, 0.15) is 38.1 Å². The number of carbonyl (C=O) groups excluding carboxylic acids is 2. The number of anilines is 1. The van der Waals surface area contributed by atoms with Crippen molar-refractivity contribution in [2.75, 3.05) is 31.5 Å². The zero-order valence-corrected chi connectivity index (χ0v) is 23.0. The molecule has 1 aliphatic heterocycles. The minimum absolute atomic E-state index is 0.00699. The van der Waals surface area contributed by atoms with Crippen LogP contribution in [0.4, 0.5) is 14.9 Å². The number of hydrogen-bond donors (Lipinski definition) is 3. The monoisotopic (exact) mass is 550 g/mol. The molecule has 3 atom stereocenters. The number of rotatable bonds is 8. The van der Waals surface area contributed by atoms with Gasteiger partial charge in [0.05, 0.1) is 35.3 Å². The van der Waals surface area contributed by atoms with Gasteiger partial charge in [-0.25, -0.2) is 17.6 Å². The minimum Gasteiger partial charge on any atom is -0.485 e. The number of likely N-dealkylation sites (N-methyl/N-ethyl adjacent to an activating group) is 1. The summed E-state index contributed by atoms with van der Waals surface area (Å²) in [5.41, 5.74) is 0.126. The first-order valence-corrected chi connectivity index (χ1v) is 13.8. The van der Waals surface area contributed by atoms with Gasteiger partial charge in [-0.3, -0.25) is 9.52 Å². The molecule has 0 fully saturated rings. The Morgan fingerprint density at radius 1 is 1.21 bits per heavy atom. The van der Waals surface area contributed by atoms with Crippen molar-refractivity contribution in [2.24, 2.45) is 5.92 Å². The molecule has 0 radical (unpaired) electrons. The average Bonchev–Trinajstić information content (AvgIpc) is 2.85. The molecule has 10 nitrogen and oxygen atoms in total. The zero-order valence-electron chi connectivity index (χ0n) is 22.1. The van der Waals surface area contributed by atoms with Crippen LogP contribution in [0, 0.1) is 11.7 Å². The third kappa shape index (κ3) is 6.73. The summed E-state index contributed by atoms with van der Waals surface area (Å²) in [4.78, 5) is 29.0. The van der Waals surface area contributed by atoms with E-state index in [-0.39, 0.29) is 59.6 Å². The SMILES string of the molecule is CC(C)NC(=O)N(C)C[C@@H]1Oc2c(NS(=O)(=O)c3ccc(F)cc3)cccc2C(=O)N([C@@H](C)CO)C[C@@H]1C. The molecule has 38 heavy (non-hydrogen) atoms. The van der Waals surface area contributed by atoms with E-state index >= 15 is 0 Å². The summed E-state index contributed by atoms with van der Waals surface area (Å²) in [6.07, 6.45) is -0.630. The standard InChI is InChI=1S/C26H35FN4O6S/c1-16(2)28-26(34)30(5)14-23-17(3)13-31(18(4)15-32)25(33)21-7-6-8-22(24(21)37-23)29-38(35,36)20-11-9-19(27)10-12-20/h6-12,16-18,23,29,32H,13-15H2,1-5H3,(H,28,34)/t17-,18-,23-/m0/s1. The Balaban J connectivity index is 2.05. The minimum atomic E-state index is -4.15. The van der Waals surface area contributed by atoms with Crippen molar-refractivity contribution in [3.05, 3.63) is 53.8 Å². The van der Waals surface area contributed by atoms with Crippen LogP contribution in [0.15, 0.2) is 47.4 Å². The molecule has 1 aliphatic rings. The fraction of sp³-hybridized carbons (Fsp3) is 0.462. The first kappa shape index (κ1) is 29.2. The van der Waals surface area contributed by atoms with E-state index in [9.17, 15) is 27.5 Å². The average molecular weight is 551 g/mol. The Morgan fingerprint density at radius 2 is 1.87 bits per heavy atom. The van der Waals surface area contributed by atoms with Gasteiger partial charge >= 0.3 is 6.03 Å². The number of para-hydroxylation sites is 1. The van der Waals surface area contributed by atoms with E-state index in [1.165, 1.54) is 28.0 Å². The number of benzene rings is 2. The first-order chi connectivity index (χ1) is 17.8. The number of aliphatic hydroxyl groups is 1. The summed E-state index contributed by atoms with van der Waals surface area (Å²) in [5, 5.41) is 12.6. The van der Waals surface area contributed by atoms with Crippen molar-refractivity contribution in [1.29, 1.82) is 0 Å². The third-order valence-electron chi connectivity index (χ3n) is 6.27. The topological polar surface area (TPSA) is 128 Å². The number of halogens is 1. The Hall–Kier alpha value is -3.38. The number of nitrogens with zero attached hydrogens (tertiary/aromatic N) is 2. The van der Waals surface area contributed by atoms with Gasteiger partial charge in [-0.2, -0.15) is 0 Å². The van der Waals surface area contributed by atoms with Gasteiger partial charge in [0, 0.05) is 25.6 Å². The number of carbonyl (C=O) groups is 2. The highest BCUT2D eigenvalue weighted by Crippen LogP contribution is 2.36. The normalized spacial score (nSPS) is 18.6. The van der Waals surface area contributed by atoms with Crippen molar-refractivity contribution in [3.8, 4) is 5.75 Å². The Morgan fingerprint density at radius 3 is 2.47 bits per heavy atom. The number of hydrogen-bond acceptors (Lipinski definition) is 6. The lowest BCUT2D eigenvalue weighted by Crippen LogP contribution is -2.51. The van der Waals surface area contributed by atoms with Crippen LogP contribution in [0.5, 0.6) is 5.75 Å². The molecule has 2 aromatic carbocycles. The van der Waals surface area contributed by atoms with Crippen LogP contribution < -0.4 is 14.8 Å². The highest BCUT2D eigenvalue weighted by Gasteiger charge is 2.35. The van der Waals surface area contributed by atoms with Gasteiger partial charge in [0.25, 0.3) is 15.9 Å². The summed E-state index contributed by atoms with van der Waals surface area (Å²) < 4.78 is 48.3. The van der Waals surface area contributed by atoms with Crippen LogP contribution >= 0.6 is 0 Å². The smallest absolute Gasteiger partial charge is 0.317 e. The van der Waals surface area contributed by atoms with Gasteiger partial charge in [-0.15, -0.1) is 0 Å². The van der Waals surface area contributed by atoms with Gasteiger partial charge in [0.1, 0.15) is 11.9 Å². The Labute approximate surface area is 222 Å². The summed E-state index contributed by atoms with van der Waals surface area (Å²) in [6, 6.07) is 7.95. The molecule has 0 saturated heterocycles. The number of aliphatic hydroxyl groups excluding tert-OH is 1. The number of urea groups is 1. The molecule has 12 heteroatoms. The molecule has 3 amide bonds. The molecular weight excluding hydrogens is 515 g/mol. The molecule has 0 aliphatic carbocycles. The summed E-state index contributed by atoms with van der Waals surface area (Å²) in [7, 11) is -2.53. The van der Waals surface area contributed by atoms with Gasteiger partial charge < -0.3 is 25.0 Å². The zero-order chi connectivity index (χ0) is 28.2. The van der Waals surface area contributed by atoms with E-state index in [0.29, 0.717) is 0 Å². The van der Waals surface area contributed by atoms with E-state index in [4.69, 9.17) is 4.74 Å². The maximum absolute atomic E-state index is 13.6. The van der Waals surface area contributed by atoms with Gasteiger partial charge in [-0.05, 0) is 57.2 Å². The Kier molecular flexibility index (Phi) is 9.21. The van der Waals surface area contributed by atoms with Crippen molar-refractivity contribution in [2.45, 2.75) is 50.8 Å². The number of nitrogens with one attached hydrogen (secondary N) is 2. The number of sulfonamides is 1. The van der Waals surface area contributed by atoms with Crippen LogP contribution in [-0.2, 0) is 10.0 Å². The summed E-state index contributed by atoms with van der Waals surface area (Å²) in [5.74, 6) is -1.30. The molecule has 3 N–H and O–H groups in total. The lowest BCUT2D eigenvalue weighted by molar-refractivity contribution is 0.0369. The molecule has 0 aromatic heterocycles. The van der Waals surface area contributed by atoms with Gasteiger partial charge in [-0.1, -0.05) is 13.0 Å². The van der Waals surface area contributed by atoms with E-state index in [0.717, 1.165) is 24.3 Å². The first-order valence-electron chi connectivity index (χ1n) is 12.4. The Bertz CT molecular complexity index is 1250. The van der Waals surface area contributed by atoms with Crippen LogP contribution in [-0.4, -0.2) is 80.2 Å². The molecule has 208 valence electrons. The van der Waals surface area contributed by atoms with E-state index in [1.807, 2.05) is 20.8 Å². The predicted molar refractivity (Wildman–Crippen MR) is 141 cm³/mol. The van der Waals surface area contributed by atoms with Crippen molar-refractivity contribution in [3.63, 3.8) is 0 Å². The molecule has 0 spiro atoms. The third-order valence-corrected chi connectivity index (χ3v) is 7.65. The maximum atomic E-state index is 13.6. The number of ether oxygens (including phenoxy) is 1. The molecule has 2 aromatic rings. The lowest BCUT2D eigenvalue weighted by atomic mass is 9.99. The van der Waals surface area contributed by atoms with E-state index in [1.54, 1.807) is 14.0 Å². The maximum Gasteiger partial charge on any atom is 0.317 e. The largest absolute Gasteiger partial charge is 0.485 e. The molecular formula is C26H35FN4O6S. The highest BCUT2D eigenvalue weighted by molar-refractivity contribution is 7.92. The van der Waals surface area contributed by atoms with Crippen molar-refractivity contribution >= 4 is 27.6 Å². The fourth-order valence-corrected chi connectivity index (χ4v) is 5.13. The number of amides is 3. The van der Waals surface area contributed by atoms with Crippen LogP contribution in [0.25, 0.3) is 0 Å². The summed E-state index contributed by atoms with van der Waals surface area (Å²) in [6.45, 7) is 7.38. The van der Waals surface area contributed by atoms with E-state index in [2.05, 4.69) is 10.0 Å². The summed E-state index contributed by atoms with van der Waals surface area (Å²) >= 11 is 0. The van der Waals surface area contributed by atoms with Crippen molar-refractivity contribution < 1.29 is 32.2 Å². The van der Waals surface area contributed by atoms with Crippen molar-refractivity contribution in [1.82, 2.24) is 15.1 Å². The van der Waals surface area contributed by atoms with Crippen LogP contribution in [0.3, 0.4) is 0 Å². The molecule has 0 saturated carbocycles. The fourth-order valence-electron chi connectivity index (χ4n) is 4.07. The molecule has 0 unspecified atom stereocenters. The predicted octanol–water partition coefficient (Wildman–Crippen LogP) is 2.90. The van der Waals surface area contributed by atoms with E-state index < -0.39 is 33.9 Å². The second-order valence-electron chi connectivity index (χ2n) is 9.85. The lowest BCUT2D eigenvalue weighted by Gasteiger charge is -2.38. The molecule has 1 heterocycles. The molecule has 3 rings (SSSR count). The second-order valence-corrected chi connectivity index (χ2v) is 11.5. The van der Waals surface area contributed by atoms with Gasteiger partial charge in [0.15, 0.2) is 5.75 Å². The van der Waals surface area contributed by atoms with Crippen LogP contribution in [0.2, 0.25) is 0 Å². The number of fused-ring (bicyclic) bond motifs is 1. The molecule has 0 bridgehead atoms. The second kappa shape index (κ2) is 12.0. The van der Waals surface area contributed by atoms with Gasteiger partial charge in [0.2, 0.25) is 0 Å². The quantitative estimate of drug-likeness (QED) is 0.464.